The van der Waals surface area contributed by atoms with Gasteiger partial charge in [0, 0.05) is 18.1 Å². The fourth-order valence-electron chi connectivity index (χ4n) is 4.33. The summed E-state index contributed by atoms with van der Waals surface area (Å²) in [4.78, 5) is 48.1. The topological polar surface area (TPSA) is 183 Å². The third-order valence-electron chi connectivity index (χ3n) is 6.26. The number of benzene rings is 1. The van der Waals surface area contributed by atoms with Crippen molar-refractivity contribution in [2.24, 2.45) is 5.92 Å². The van der Waals surface area contributed by atoms with Crippen LogP contribution in [0.4, 0.5) is 15.3 Å². The van der Waals surface area contributed by atoms with E-state index < -0.39 is 64.8 Å². The highest BCUT2D eigenvalue weighted by molar-refractivity contribution is 5.86. The number of nitro groups is 1. The molecular weight excluding hydrogens is 570 g/mol. The Bertz CT molecular complexity index is 1250. The predicted octanol–water partition coefficient (Wildman–Crippen LogP) is 3.68. The first-order chi connectivity index (χ1) is 20.0. The Balaban J connectivity index is 1.85. The van der Waals surface area contributed by atoms with Crippen molar-refractivity contribution >= 4 is 23.9 Å². The molecule has 15 heteroatoms. The molecule has 0 spiro atoms. The van der Waals surface area contributed by atoms with Crippen LogP contribution >= 0.6 is 0 Å². The zero-order chi connectivity index (χ0) is 32.1. The Morgan fingerprint density at radius 2 is 1.84 bits per heavy atom. The standard InChI is InChI=1S/C28H37N3O12/c1-15-19(29-16(2)30-25(33)43-27(3,4)5)13-20(24(32)37-8)40-22(15)23(21-14-38-28(6,7)42-21)41-26(34)39-18-11-9-17(10-12-18)31(35)36/h9-13,15,19,21-23,29H,2,14H2,1,3-8H3,(H,30,33)/t15-,19+,21-,22-,23-/m1/s1. The lowest BCUT2D eigenvalue weighted by molar-refractivity contribution is -0.384. The van der Waals surface area contributed by atoms with Crippen LogP contribution in [0.15, 0.2) is 48.5 Å². The van der Waals surface area contributed by atoms with Crippen LogP contribution in [0, 0.1) is 16.0 Å². The van der Waals surface area contributed by atoms with Gasteiger partial charge in [-0.25, -0.2) is 14.4 Å². The molecule has 0 radical (unpaired) electrons. The molecule has 3 rings (SSSR count). The molecule has 0 bridgehead atoms. The van der Waals surface area contributed by atoms with Crippen LogP contribution in [-0.4, -0.2) is 72.6 Å². The molecule has 1 aromatic carbocycles. The summed E-state index contributed by atoms with van der Waals surface area (Å²) in [6.45, 7) is 14.1. The second kappa shape index (κ2) is 13.3. The van der Waals surface area contributed by atoms with Gasteiger partial charge >= 0.3 is 18.2 Å². The van der Waals surface area contributed by atoms with Crippen molar-refractivity contribution in [2.45, 2.75) is 77.3 Å². The molecule has 5 atom stereocenters. The highest BCUT2D eigenvalue weighted by atomic mass is 16.8. The average Bonchev–Trinajstić information content (AvgIpc) is 3.26. The van der Waals surface area contributed by atoms with Crippen molar-refractivity contribution in [1.82, 2.24) is 10.6 Å². The number of nitro benzene ring substituents is 1. The van der Waals surface area contributed by atoms with Crippen LogP contribution in [0.2, 0.25) is 0 Å². The number of rotatable bonds is 9. The van der Waals surface area contributed by atoms with Crippen molar-refractivity contribution < 1.29 is 52.5 Å². The normalized spacial score (nSPS) is 23.5. The molecule has 2 N–H and O–H groups in total. The molecular formula is C28H37N3O12. The van der Waals surface area contributed by atoms with Crippen molar-refractivity contribution in [3.05, 3.63) is 58.6 Å². The molecule has 1 fully saturated rings. The van der Waals surface area contributed by atoms with Gasteiger partial charge in [0.05, 0.1) is 24.7 Å². The summed E-state index contributed by atoms with van der Waals surface area (Å²) in [5, 5.41) is 16.5. The molecule has 0 aromatic heterocycles. The fraction of sp³-hybridized carbons (Fsp3) is 0.536. The summed E-state index contributed by atoms with van der Waals surface area (Å²) in [5.74, 6) is -2.49. The van der Waals surface area contributed by atoms with Crippen LogP contribution in [0.5, 0.6) is 5.75 Å². The Morgan fingerprint density at radius 1 is 1.19 bits per heavy atom. The summed E-state index contributed by atoms with van der Waals surface area (Å²) in [7, 11) is 1.18. The van der Waals surface area contributed by atoms with Gasteiger partial charge in [0.1, 0.15) is 29.4 Å². The van der Waals surface area contributed by atoms with Crippen molar-refractivity contribution in [3.63, 3.8) is 0 Å². The van der Waals surface area contributed by atoms with E-state index in [0.717, 1.165) is 0 Å². The molecule has 1 amide bonds. The van der Waals surface area contributed by atoms with Gasteiger partial charge in [-0.15, -0.1) is 0 Å². The number of carbonyl (C=O) groups excluding carboxylic acids is 3. The van der Waals surface area contributed by atoms with Crippen molar-refractivity contribution in [3.8, 4) is 5.75 Å². The molecule has 0 saturated carbocycles. The Labute approximate surface area is 248 Å². The van der Waals surface area contributed by atoms with Crippen LogP contribution in [-0.2, 0) is 33.2 Å². The summed E-state index contributed by atoms with van der Waals surface area (Å²) < 4.78 is 38.8. The summed E-state index contributed by atoms with van der Waals surface area (Å²) in [6, 6.07) is 4.14. The van der Waals surface area contributed by atoms with E-state index in [1.54, 1.807) is 41.5 Å². The number of carbonyl (C=O) groups is 3. The minimum absolute atomic E-state index is 0.00455. The van der Waals surface area contributed by atoms with Crippen LogP contribution in [0.1, 0.15) is 41.5 Å². The minimum Gasteiger partial charge on any atom is -0.479 e. The maximum atomic E-state index is 12.9. The van der Waals surface area contributed by atoms with Crippen molar-refractivity contribution in [1.29, 1.82) is 0 Å². The maximum Gasteiger partial charge on any atom is 0.514 e. The smallest absolute Gasteiger partial charge is 0.479 e. The van der Waals surface area contributed by atoms with E-state index in [-0.39, 0.29) is 29.6 Å². The molecule has 1 aromatic rings. The van der Waals surface area contributed by atoms with E-state index in [0.29, 0.717) is 0 Å². The third kappa shape index (κ3) is 9.31. The monoisotopic (exact) mass is 607 g/mol. The van der Waals surface area contributed by atoms with Gasteiger partial charge in [0.15, 0.2) is 11.9 Å². The number of hydrogen-bond donors (Lipinski definition) is 2. The average molecular weight is 608 g/mol. The van der Waals surface area contributed by atoms with Gasteiger partial charge in [-0.2, -0.15) is 0 Å². The Kier molecular flexibility index (Phi) is 10.2. The molecule has 15 nitrogen and oxygen atoms in total. The van der Waals surface area contributed by atoms with Gasteiger partial charge in [0.2, 0.25) is 5.76 Å². The molecule has 236 valence electrons. The summed E-state index contributed by atoms with van der Waals surface area (Å²) in [6.07, 6.45) is -3.51. The van der Waals surface area contributed by atoms with Gasteiger partial charge < -0.3 is 38.5 Å². The predicted molar refractivity (Wildman–Crippen MR) is 148 cm³/mol. The number of amides is 1. The quantitative estimate of drug-likeness (QED) is 0.136. The molecule has 1 saturated heterocycles. The first-order valence-electron chi connectivity index (χ1n) is 13.3. The van der Waals surface area contributed by atoms with Gasteiger partial charge in [-0.3, -0.25) is 15.4 Å². The number of ether oxygens (including phenoxy) is 7. The van der Waals surface area contributed by atoms with Crippen LogP contribution < -0.4 is 15.4 Å². The van der Waals surface area contributed by atoms with E-state index in [2.05, 4.69) is 17.2 Å². The third-order valence-corrected chi connectivity index (χ3v) is 6.26. The van der Waals surface area contributed by atoms with Gasteiger partial charge in [-0.1, -0.05) is 13.5 Å². The fourth-order valence-corrected chi connectivity index (χ4v) is 4.33. The largest absolute Gasteiger partial charge is 0.514 e. The van der Waals surface area contributed by atoms with Crippen LogP contribution in [0.3, 0.4) is 0 Å². The first kappa shape index (κ1) is 33.1. The number of non-ortho nitro benzene ring substituents is 1. The number of methoxy groups -OCH3 is 1. The van der Waals surface area contributed by atoms with E-state index in [1.807, 2.05) is 0 Å². The molecule has 2 heterocycles. The highest BCUT2D eigenvalue weighted by Crippen LogP contribution is 2.34. The highest BCUT2D eigenvalue weighted by Gasteiger charge is 2.49. The van der Waals surface area contributed by atoms with E-state index in [9.17, 15) is 24.5 Å². The molecule has 0 unspecified atom stereocenters. The number of hydrogen-bond acceptors (Lipinski definition) is 13. The number of nitrogens with one attached hydrogen (secondary N) is 2. The molecule has 2 aliphatic rings. The summed E-state index contributed by atoms with van der Waals surface area (Å²) >= 11 is 0. The number of esters is 1. The lowest BCUT2D eigenvalue weighted by atomic mass is 9.87. The second-order valence-electron chi connectivity index (χ2n) is 11.3. The molecule has 2 aliphatic heterocycles. The Hall–Kier alpha value is -4.37. The SMILES string of the molecule is C=C(NC(=O)OC(C)(C)C)N[C@H]1C=C(C(=O)OC)O[C@@H]([C@H](OC(=O)Oc2ccc([N+](=O)[O-])cc2)[C@H]2COC(C)(C)O2)[C@@H]1C. The molecule has 0 aliphatic carbocycles. The lowest BCUT2D eigenvalue weighted by Crippen LogP contribution is -2.55. The zero-order valence-corrected chi connectivity index (χ0v) is 25.0. The van der Waals surface area contributed by atoms with Gasteiger partial charge in [0.25, 0.3) is 5.69 Å². The van der Waals surface area contributed by atoms with E-state index in [1.165, 1.54) is 37.5 Å². The first-order valence-corrected chi connectivity index (χ1v) is 13.3. The van der Waals surface area contributed by atoms with E-state index in [4.69, 9.17) is 33.2 Å². The lowest BCUT2D eigenvalue weighted by Gasteiger charge is -2.40. The number of alkyl carbamates (subject to hydrolysis) is 1. The summed E-state index contributed by atoms with van der Waals surface area (Å²) in [5.41, 5.74) is -0.936. The second-order valence-corrected chi connectivity index (χ2v) is 11.3. The number of nitrogens with zero attached hydrogens (tertiary/aromatic N) is 1. The van der Waals surface area contributed by atoms with Gasteiger partial charge in [-0.05, 0) is 52.8 Å². The maximum absolute atomic E-state index is 12.9. The van der Waals surface area contributed by atoms with E-state index >= 15 is 0 Å². The minimum atomic E-state index is -1.19. The zero-order valence-electron chi connectivity index (χ0n) is 25.0. The van der Waals surface area contributed by atoms with Crippen molar-refractivity contribution in [2.75, 3.05) is 13.7 Å². The molecule has 43 heavy (non-hydrogen) atoms. The Morgan fingerprint density at radius 3 is 2.37 bits per heavy atom. The van der Waals surface area contributed by atoms with Crippen LogP contribution in [0.25, 0.3) is 0 Å².